The number of aromatic nitrogens is 1. The Morgan fingerprint density at radius 3 is 2.59 bits per heavy atom. The van der Waals surface area contributed by atoms with Gasteiger partial charge < -0.3 is 11.1 Å². The Morgan fingerprint density at radius 2 is 1.94 bits per heavy atom. The van der Waals surface area contributed by atoms with Crippen LogP contribution in [0.3, 0.4) is 0 Å². The van der Waals surface area contributed by atoms with Crippen molar-refractivity contribution in [3.8, 4) is 0 Å². The Balaban J connectivity index is 2.02. The number of halogens is 2. The highest BCUT2D eigenvalue weighted by Gasteiger charge is 2.00. The molecular weight excluding hydrogens is 257 g/mol. The molecule has 0 aliphatic heterocycles. The van der Waals surface area contributed by atoms with Crippen LogP contribution in [0, 0.1) is 0 Å². The molecule has 0 unspecified atom stereocenters. The molecule has 2 rings (SSSR count). The van der Waals surface area contributed by atoms with Gasteiger partial charge in [0.2, 0.25) is 0 Å². The zero-order chi connectivity index (χ0) is 12.3. The zero-order valence-corrected chi connectivity index (χ0v) is 10.5. The predicted octanol–water partition coefficient (Wildman–Crippen LogP) is 3.58. The van der Waals surface area contributed by atoms with Crippen LogP contribution in [-0.4, -0.2) is 4.98 Å². The molecule has 17 heavy (non-hydrogen) atoms. The third kappa shape index (κ3) is 3.25. The molecule has 5 heteroatoms. The Kier molecular flexibility index (Phi) is 3.71. The van der Waals surface area contributed by atoms with E-state index in [9.17, 15) is 0 Å². The van der Waals surface area contributed by atoms with Crippen LogP contribution in [0.15, 0.2) is 36.5 Å². The van der Waals surface area contributed by atoms with Crippen molar-refractivity contribution < 1.29 is 0 Å². The molecule has 0 saturated carbocycles. The largest absolute Gasteiger partial charge is 0.397 e. The van der Waals surface area contributed by atoms with Gasteiger partial charge in [0.15, 0.2) is 0 Å². The molecule has 0 radical (unpaired) electrons. The third-order valence-electron chi connectivity index (χ3n) is 2.24. The molecule has 0 fully saturated rings. The number of hydrogen-bond acceptors (Lipinski definition) is 3. The molecule has 0 saturated heterocycles. The molecule has 1 aromatic heterocycles. The van der Waals surface area contributed by atoms with E-state index in [-0.39, 0.29) is 0 Å². The lowest BCUT2D eigenvalue weighted by Gasteiger charge is -2.06. The van der Waals surface area contributed by atoms with Crippen molar-refractivity contribution in [1.82, 2.24) is 4.98 Å². The highest BCUT2D eigenvalue weighted by atomic mass is 35.5. The second-order valence-corrected chi connectivity index (χ2v) is 4.39. The zero-order valence-electron chi connectivity index (χ0n) is 8.95. The minimum Gasteiger partial charge on any atom is -0.397 e. The number of pyridine rings is 1. The smallest absolute Gasteiger partial charge is 0.126 e. The van der Waals surface area contributed by atoms with E-state index in [0.717, 1.165) is 11.4 Å². The van der Waals surface area contributed by atoms with E-state index in [1.807, 2.05) is 18.2 Å². The van der Waals surface area contributed by atoms with Crippen LogP contribution in [0.4, 0.5) is 11.5 Å². The number of benzene rings is 1. The number of nitrogens with one attached hydrogen (secondary N) is 1. The summed E-state index contributed by atoms with van der Waals surface area (Å²) in [6.45, 7) is 0.633. The summed E-state index contributed by atoms with van der Waals surface area (Å²) >= 11 is 11.8. The van der Waals surface area contributed by atoms with Gasteiger partial charge in [-0.3, -0.25) is 0 Å². The van der Waals surface area contributed by atoms with Gasteiger partial charge in [0.05, 0.1) is 21.9 Å². The maximum atomic E-state index is 5.92. The SMILES string of the molecule is Nc1ccc(NCc2ccc(Cl)c(Cl)c2)nc1. The Hall–Kier alpha value is -1.45. The van der Waals surface area contributed by atoms with E-state index >= 15 is 0 Å². The summed E-state index contributed by atoms with van der Waals surface area (Å²) in [6.07, 6.45) is 1.61. The monoisotopic (exact) mass is 267 g/mol. The van der Waals surface area contributed by atoms with E-state index < -0.39 is 0 Å². The second-order valence-electron chi connectivity index (χ2n) is 3.58. The molecule has 0 aliphatic carbocycles. The summed E-state index contributed by atoms with van der Waals surface area (Å²) < 4.78 is 0. The average molecular weight is 268 g/mol. The molecule has 0 aliphatic rings. The molecule has 1 aromatic carbocycles. The minimum atomic E-state index is 0.552. The van der Waals surface area contributed by atoms with Gasteiger partial charge in [-0.15, -0.1) is 0 Å². The third-order valence-corrected chi connectivity index (χ3v) is 2.98. The van der Waals surface area contributed by atoms with Crippen LogP contribution in [0.5, 0.6) is 0 Å². The van der Waals surface area contributed by atoms with Crippen LogP contribution in [0.25, 0.3) is 0 Å². The molecule has 1 heterocycles. The fourth-order valence-electron chi connectivity index (χ4n) is 1.35. The summed E-state index contributed by atoms with van der Waals surface area (Å²) in [7, 11) is 0. The topological polar surface area (TPSA) is 50.9 Å². The van der Waals surface area contributed by atoms with Crippen molar-refractivity contribution in [1.29, 1.82) is 0 Å². The summed E-state index contributed by atoms with van der Waals surface area (Å²) in [5, 5.41) is 4.28. The Labute approximate surface area is 110 Å². The molecule has 2 aromatic rings. The highest BCUT2D eigenvalue weighted by Crippen LogP contribution is 2.22. The lowest BCUT2D eigenvalue weighted by atomic mass is 10.2. The lowest BCUT2D eigenvalue weighted by molar-refractivity contribution is 1.11. The number of nitrogens with two attached hydrogens (primary N) is 1. The van der Waals surface area contributed by atoms with Gasteiger partial charge >= 0.3 is 0 Å². The Morgan fingerprint density at radius 1 is 1.12 bits per heavy atom. The number of hydrogen-bond donors (Lipinski definition) is 2. The van der Waals surface area contributed by atoms with E-state index in [1.165, 1.54) is 0 Å². The lowest BCUT2D eigenvalue weighted by Crippen LogP contribution is -2.01. The van der Waals surface area contributed by atoms with Crippen molar-refractivity contribution in [2.24, 2.45) is 0 Å². The maximum absolute atomic E-state index is 5.92. The van der Waals surface area contributed by atoms with Gasteiger partial charge in [0, 0.05) is 6.54 Å². The summed E-state index contributed by atoms with van der Waals surface area (Å²) in [5.41, 5.74) is 7.23. The molecule has 88 valence electrons. The van der Waals surface area contributed by atoms with Gasteiger partial charge in [-0.05, 0) is 29.8 Å². The van der Waals surface area contributed by atoms with Crippen LogP contribution < -0.4 is 11.1 Å². The maximum Gasteiger partial charge on any atom is 0.126 e. The van der Waals surface area contributed by atoms with Crippen LogP contribution in [-0.2, 0) is 6.54 Å². The van der Waals surface area contributed by atoms with Crippen LogP contribution in [0.1, 0.15) is 5.56 Å². The minimum absolute atomic E-state index is 0.552. The van der Waals surface area contributed by atoms with E-state index in [1.54, 1.807) is 18.3 Å². The van der Waals surface area contributed by atoms with Gasteiger partial charge in [-0.25, -0.2) is 4.98 Å². The fourth-order valence-corrected chi connectivity index (χ4v) is 1.67. The van der Waals surface area contributed by atoms with E-state index in [0.29, 0.717) is 22.3 Å². The van der Waals surface area contributed by atoms with Gasteiger partial charge in [0.25, 0.3) is 0 Å². The van der Waals surface area contributed by atoms with Crippen molar-refractivity contribution >= 4 is 34.7 Å². The molecule has 0 bridgehead atoms. The first-order valence-corrected chi connectivity index (χ1v) is 5.80. The van der Waals surface area contributed by atoms with E-state index in [2.05, 4.69) is 10.3 Å². The van der Waals surface area contributed by atoms with Crippen LogP contribution >= 0.6 is 23.2 Å². The van der Waals surface area contributed by atoms with Gasteiger partial charge in [0.1, 0.15) is 5.82 Å². The molecule has 3 N–H and O–H groups in total. The summed E-state index contributed by atoms with van der Waals surface area (Å²) in [6, 6.07) is 9.14. The highest BCUT2D eigenvalue weighted by molar-refractivity contribution is 6.42. The first kappa shape index (κ1) is 12.0. The fraction of sp³-hybridized carbons (Fsp3) is 0.0833. The number of nitrogen functional groups attached to an aromatic ring is 1. The molecule has 0 atom stereocenters. The summed E-state index contributed by atoms with van der Waals surface area (Å²) in [5.74, 6) is 0.769. The number of nitrogens with zero attached hydrogens (tertiary/aromatic N) is 1. The van der Waals surface area contributed by atoms with Crippen LogP contribution in [0.2, 0.25) is 10.0 Å². The van der Waals surface area contributed by atoms with E-state index in [4.69, 9.17) is 28.9 Å². The molecule has 0 spiro atoms. The van der Waals surface area contributed by atoms with Gasteiger partial charge in [-0.1, -0.05) is 29.3 Å². The molecule has 3 nitrogen and oxygen atoms in total. The van der Waals surface area contributed by atoms with Gasteiger partial charge in [-0.2, -0.15) is 0 Å². The average Bonchev–Trinajstić information content (AvgIpc) is 2.33. The van der Waals surface area contributed by atoms with Crippen molar-refractivity contribution in [2.75, 3.05) is 11.1 Å². The van der Waals surface area contributed by atoms with Crippen molar-refractivity contribution in [3.63, 3.8) is 0 Å². The number of anilines is 2. The first-order chi connectivity index (χ1) is 8.15. The molecule has 0 amide bonds. The quantitative estimate of drug-likeness (QED) is 0.894. The number of rotatable bonds is 3. The Bertz CT molecular complexity index is 512. The second kappa shape index (κ2) is 5.25. The standard InChI is InChI=1S/C12H11Cl2N3/c13-10-3-1-8(5-11(10)14)6-16-12-4-2-9(15)7-17-12/h1-5,7H,6,15H2,(H,16,17). The van der Waals surface area contributed by atoms with Crippen molar-refractivity contribution in [3.05, 3.63) is 52.1 Å². The summed E-state index contributed by atoms with van der Waals surface area (Å²) in [4.78, 5) is 4.14. The normalized spacial score (nSPS) is 10.2. The molecular formula is C12H11Cl2N3. The van der Waals surface area contributed by atoms with Crippen molar-refractivity contribution in [2.45, 2.75) is 6.54 Å². The first-order valence-electron chi connectivity index (χ1n) is 5.04. The predicted molar refractivity (Wildman–Crippen MR) is 72.4 cm³/mol.